The molecule has 1 aliphatic heterocycles. The van der Waals surface area contributed by atoms with Crippen molar-refractivity contribution in [3.63, 3.8) is 0 Å². The maximum atomic E-state index is 8.75. The molecule has 1 saturated heterocycles. The highest BCUT2D eigenvalue weighted by Gasteiger charge is 2.31. The SMILES string of the molecule is CCC1(CC)CCN(c2cc(C(N)=NO)ccn2)CC1. The molecule has 3 N–H and O–H groups in total. The molecule has 0 aromatic carbocycles. The molecule has 2 rings (SSSR count). The van der Waals surface area contributed by atoms with Gasteiger partial charge >= 0.3 is 0 Å². The van der Waals surface area contributed by atoms with E-state index in [1.807, 2.05) is 6.07 Å². The van der Waals surface area contributed by atoms with Crippen LogP contribution in [0.5, 0.6) is 0 Å². The largest absolute Gasteiger partial charge is 0.409 e. The minimum atomic E-state index is 0.127. The van der Waals surface area contributed by atoms with Gasteiger partial charge in [0.25, 0.3) is 0 Å². The Hall–Kier alpha value is -1.78. The summed E-state index contributed by atoms with van der Waals surface area (Å²) in [5.74, 6) is 1.04. The minimum absolute atomic E-state index is 0.127. The molecule has 5 heteroatoms. The fraction of sp³-hybridized carbons (Fsp3) is 0.600. The highest BCUT2D eigenvalue weighted by atomic mass is 16.4. The Kier molecular flexibility index (Phi) is 4.47. The number of hydrogen-bond acceptors (Lipinski definition) is 4. The number of piperidine rings is 1. The van der Waals surface area contributed by atoms with Gasteiger partial charge in [-0.05, 0) is 30.4 Å². The fourth-order valence-electron chi connectivity index (χ4n) is 2.98. The summed E-state index contributed by atoms with van der Waals surface area (Å²) < 4.78 is 0. The molecule has 0 aliphatic carbocycles. The number of rotatable bonds is 4. The van der Waals surface area contributed by atoms with E-state index >= 15 is 0 Å². The van der Waals surface area contributed by atoms with Crippen LogP contribution >= 0.6 is 0 Å². The van der Waals surface area contributed by atoms with Crippen molar-refractivity contribution in [3.05, 3.63) is 23.9 Å². The van der Waals surface area contributed by atoms with Crippen molar-refractivity contribution in [1.82, 2.24) is 4.98 Å². The zero-order valence-electron chi connectivity index (χ0n) is 12.3. The molecule has 0 spiro atoms. The first kappa shape index (κ1) is 14.6. The van der Waals surface area contributed by atoms with Gasteiger partial charge in [-0.2, -0.15) is 0 Å². The van der Waals surface area contributed by atoms with Crippen LogP contribution in [0.15, 0.2) is 23.5 Å². The lowest BCUT2D eigenvalue weighted by molar-refractivity contribution is 0.199. The second-order valence-corrected chi connectivity index (χ2v) is 5.58. The van der Waals surface area contributed by atoms with E-state index in [0.717, 1.165) is 18.9 Å². The van der Waals surface area contributed by atoms with Crippen LogP contribution < -0.4 is 10.6 Å². The fourth-order valence-corrected chi connectivity index (χ4v) is 2.98. The van der Waals surface area contributed by atoms with Crippen LogP contribution in [-0.2, 0) is 0 Å². The quantitative estimate of drug-likeness (QED) is 0.383. The first-order valence-electron chi connectivity index (χ1n) is 7.33. The third kappa shape index (κ3) is 2.86. The molecular formula is C15H24N4O. The van der Waals surface area contributed by atoms with Gasteiger partial charge in [0.15, 0.2) is 5.84 Å². The van der Waals surface area contributed by atoms with Gasteiger partial charge in [-0.1, -0.05) is 31.8 Å². The number of oxime groups is 1. The van der Waals surface area contributed by atoms with Gasteiger partial charge in [0.05, 0.1) is 0 Å². The van der Waals surface area contributed by atoms with Crippen LogP contribution in [0.1, 0.15) is 45.1 Å². The van der Waals surface area contributed by atoms with Crippen molar-refractivity contribution in [2.24, 2.45) is 16.3 Å². The first-order valence-corrected chi connectivity index (χ1v) is 7.33. The molecule has 0 atom stereocenters. The predicted octanol–water partition coefficient (Wildman–Crippen LogP) is 2.58. The lowest BCUT2D eigenvalue weighted by atomic mass is 9.74. The molecule has 0 radical (unpaired) electrons. The molecule has 0 amide bonds. The summed E-state index contributed by atoms with van der Waals surface area (Å²) in [5, 5.41) is 11.8. The van der Waals surface area contributed by atoms with Crippen molar-refractivity contribution in [2.75, 3.05) is 18.0 Å². The molecule has 0 saturated carbocycles. The van der Waals surface area contributed by atoms with E-state index in [4.69, 9.17) is 10.9 Å². The maximum Gasteiger partial charge on any atom is 0.170 e. The lowest BCUT2D eigenvalue weighted by Crippen LogP contribution is -2.40. The van der Waals surface area contributed by atoms with E-state index in [1.165, 1.54) is 25.7 Å². The van der Waals surface area contributed by atoms with Crippen LogP contribution in [0.2, 0.25) is 0 Å². The van der Waals surface area contributed by atoms with Crippen LogP contribution in [0, 0.1) is 5.41 Å². The Morgan fingerprint density at radius 1 is 1.40 bits per heavy atom. The van der Waals surface area contributed by atoms with Gasteiger partial charge in [0.2, 0.25) is 0 Å². The number of pyridine rings is 1. The van der Waals surface area contributed by atoms with Gasteiger partial charge < -0.3 is 15.8 Å². The van der Waals surface area contributed by atoms with E-state index in [0.29, 0.717) is 11.0 Å². The number of nitrogens with two attached hydrogens (primary N) is 1. The molecule has 1 aromatic rings. The zero-order valence-corrected chi connectivity index (χ0v) is 12.3. The van der Waals surface area contributed by atoms with Gasteiger partial charge in [-0.3, -0.25) is 0 Å². The highest BCUT2D eigenvalue weighted by molar-refractivity contribution is 5.97. The zero-order chi connectivity index (χ0) is 14.6. The van der Waals surface area contributed by atoms with Crippen molar-refractivity contribution >= 4 is 11.7 Å². The summed E-state index contributed by atoms with van der Waals surface area (Å²) in [7, 11) is 0. The third-order valence-corrected chi connectivity index (χ3v) is 4.80. The molecule has 2 heterocycles. The number of nitrogens with zero attached hydrogens (tertiary/aromatic N) is 3. The van der Waals surface area contributed by atoms with E-state index in [2.05, 4.69) is 28.9 Å². The second-order valence-electron chi connectivity index (χ2n) is 5.58. The molecule has 0 bridgehead atoms. The van der Waals surface area contributed by atoms with Crippen LogP contribution in [0.4, 0.5) is 5.82 Å². The van der Waals surface area contributed by atoms with E-state index in [1.54, 1.807) is 12.3 Å². The highest BCUT2D eigenvalue weighted by Crippen LogP contribution is 2.38. The topological polar surface area (TPSA) is 74.7 Å². The third-order valence-electron chi connectivity index (χ3n) is 4.80. The van der Waals surface area contributed by atoms with Crippen molar-refractivity contribution in [2.45, 2.75) is 39.5 Å². The van der Waals surface area contributed by atoms with Gasteiger partial charge in [0, 0.05) is 24.8 Å². The van der Waals surface area contributed by atoms with Gasteiger partial charge in [0.1, 0.15) is 5.82 Å². The second kappa shape index (κ2) is 6.11. The van der Waals surface area contributed by atoms with E-state index in [-0.39, 0.29) is 5.84 Å². The number of amidine groups is 1. The number of aromatic nitrogens is 1. The van der Waals surface area contributed by atoms with Crippen molar-refractivity contribution < 1.29 is 5.21 Å². The summed E-state index contributed by atoms with van der Waals surface area (Å²) >= 11 is 0. The van der Waals surface area contributed by atoms with Crippen LogP contribution in [-0.4, -0.2) is 29.1 Å². The van der Waals surface area contributed by atoms with E-state index < -0.39 is 0 Å². The van der Waals surface area contributed by atoms with E-state index in [9.17, 15) is 0 Å². The minimum Gasteiger partial charge on any atom is -0.409 e. The standard InChI is InChI=1S/C15H24N4O/c1-3-15(4-2)6-9-19(10-7-15)13-11-12(5-8-17-13)14(16)18-20/h5,8,11,20H,3-4,6-7,9-10H2,1-2H3,(H2,16,18). The molecule has 1 fully saturated rings. The Morgan fingerprint density at radius 3 is 2.60 bits per heavy atom. The molecular weight excluding hydrogens is 252 g/mol. The van der Waals surface area contributed by atoms with Crippen LogP contribution in [0.25, 0.3) is 0 Å². The molecule has 1 aliphatic rings. The number of hydrogen-bond donors (Lipinski definition) is 2. The predicted molar refractivity (Wildman–Crippen MR) is 81.2 cm³/mol. The average Bonchev–Trinajstić information content (AvgIpc) is 2.54. The Labute approximate surface area is 120 Å². The Bertz CT molecular complexity index is 473. The molecule has 1 aromatic heterocycles. The Balaban J connectivity index is 2.11. The molecule has 0 unspecified atom stereocenters. The summed E-state index contributed by atoms with van der Waals surface area (Å²) in [6.07, 6.45) is 6.61. The summed E-state index contributed by atoms with van der Waals surface area (Å²) in [6.45, 7) is 6.62. The monoisotopic (exact) mass is 276 g/mol. The van der Waals surface area contributed by atoms with Gasteiger partial charge in [-0.25, -0.2) is 4.98 Å². The first-order chi connectivity index (χ1) is 9.64. The van der Waals surface area contributed by atoms with Crippen molar-refractivity contribution in [3.8, 4) is 0 Å². The van der Waals surface area contributed by atoms with Crippen LogP contribution in [0.3, 0.4) is 0 Å². The summed E-state index contributed by atoms with van der Waals surface area (Å²) in [6, 6.07) is 3.64. The Morgan fingerprint density at radius 2 is 2.05 bits per heavy atom. The molecule has 110 valence electrons. The molecule has 20 heavy (non-hydrogen) atoms. The van der Waals surface area contributed by atoms with Crippen molar-refractivity contribution in [1.29, 1.82) is 0 Å². The normalized spacial score (nSPS) is 19.1. The number of anilines is 1. The maximum absolute atomic E-state index is 8.75. The lowest BCUT2D eigenvalue weighted by Gasteiger charge is -2.41. The van der Waals surface area contributed by atoms with Gasteiger partial charge in [-0.15, -0.1) is 0 Å². The smallest absolute Gasteiger partial charge is 0.170 e. The summed E-state index contributed by atoms with van der Waals surface area (Å²) in [4.78, 5) is 6.70. The molecule has 5 nitrogen and oxygen atoms in total. The average molecular weight is 276 g/mol. The summed E-state index contributed by atoms with van der Waals surface area (Å²) in [5.41, 5.74) is 6.84.